The highest BCUT2D eigenvalue weighted by atomic mass is 16.5. The second-order valence-corrected chi connectivity index (χ2v) is 7.09. The van der Waals surface area contributed by atoms with Gasteiger partial charge in [-0.1, -0.05) is 12.1 Å². The van der Waals surface area contributed by atoms with E-state index in [1.54, 1.807) is 13.4 Å². The maximum absolute atomic E-state index is 5.37. The lowest BCUT2D eigenvalue weighted by Crippen LogP contribution is -2.46. The molecule has 146 valence electrons. The Bertz CT molecular complexity index is 1120. The molecule has 0 unspecified atom stereocenters. The fourth-order valence-corrected chi connectivity index (χ4v) is 3.87. The van der Waals surface area contributed by atoms with E-state index in [-0.39, 0.29) is 0 Å². The van der Waals surface area contributed by atoms with Gasteiger partial charge in [-0.15, -0.1) is 0 Å². The van der Waals surface area contributed by atoms with Gasteiger partial charge in [0.15, 0.2) is 0 Å². The molecule has 7 nitrogen and oxygen atoms in total. The predicted molar refractivity (Wildman–Crippen MR) is 115 cm³/mol. The average Bonchev–Trinajstić information content (AvgIpc) is 3.33. The largest absolute Gasteiger partial charge is 0.497 e. The van der Waals surface area contributed by atoms with Crippen LogP contribution in [0.3, 0.4) is 0 Å². The summed E-state index contributed by atoms with van der Waals surface area (Å²) in [7, 11) is 1.70. The summed E-state index contributed by atoms with van der Waals surface area (Å²) in [5.41, 5.74) is 4.32. The van der Waals surface area contributed by atoms with Gasteiger partial charge in [0.2, 0.25) is 0 Å². The number of fused-ring (bicyclic) bond motifs is 1. The monoisotopic (exact) mass is 386 g/mol. The molecule has 0 spiro atoms. The van der Waals surface area contributed by atoms with Crippen molar-refractivity contribution >= 4 is 22.4 Å². The van der Waals surface area contributed by atoms with Crippen LogP contribution in [0.4, 0.5) is 11.5 Å². The van der Waals surface area contributed by atoms with Gasteiger partial charge in [-0.05, 0) is 29.8 Å². The maximum Gasteiger partial charge on any atom is 0.140 e. The lowest BCUT2D eigenvalue weighted by atomic mass is 10.1. The number of aromatic amines is 1. The summed E-state index contributed by atoms with van der Waals surface area (Å²) in [6.07, 6.45) is 5.39. The number of aromatic nitrogens is 4. The second-order valence-electron chi connectivity index (χ2n) is 7.09. The molecule has 4 aromatic rings. The van der Waals surface area contributed by atoms with Gasteiger partial charge in [0.25, 0.3) is 0 Å². The van der Waals surface area contributed by atoms with Gasteiger partial charge in [0, 0.05) is 55.1 Å². The van der Waals surface area contributed by atoms with E-state index < -0.39 is 0 Å². The molecule has 5 rings (SSSR count). The van der Waals surface area contributed by atoms with Crippen LogP contribution in [0.5, 0.6) is 5.75 Å². The third-order valence-electron chi connectivity index (χ3n) is 5.44. The summed E-state index contributed by atoms with van der Waals surface area (Å²) in [5.74, 6) is 1.88. The van der Waals surface area contributed by atoms with E-state index in [4.69, 9.17) is 4.74 Å². The second kappa shape index (κ2) is 7.43. The summed E-state index contributed by atoms with van der Waals surface area (Å²) >= 11 is 0. The zero-order chi connectivity index (χ0) is 19.6. The summed E-state index contributed by atoms with van der Waals surface area (Å²) in [4.78, 5) is 13.8. The standard InChI is InChI=1S/C22H22N6O/c1-29-19-4-2-3-18(12-19)27-7-9-28(10-8-27)22-20-11-16(17-13-25-26-14-17)5-6-21(20)23-15-24-22/h2-6,11-15H,7-10H2,1H3,(H,25,26). The molecule has 0 aliphatic carbocycles. The van der Waals surface area contributed by atoms with Crippen LogP contribution in [-0.4, -0.2) is 53.5 Å². The minimum atomic E-state index is 0.888. The molecule has 0 bridgehead atoms. The Labute approximate surface area is 169 Å². The number of H-pyrrole nitrogens is 1. The van der Waals surface area contributed by atoms with Crippen LogP contribution in [0.2, 0.25) is 0 Å². The minimum Gasteiger partial charge on any atom is -0.497 e. The topological polar surface area (TPSA) is 70.2 Å². The van der Waals surface area contributed by atoms with Crippen LogP contribution >= 0.6 is 0 Å². The highest BCUT2D eigenvalue weighted by molar-refractivity contribution is 5.92. The van der Waals surface area contributed by atoms with Gasteiger partial charge < -0.3 is 14.5 Å². The van der Waals surface area contributed by atoms with Crippen LogP contribution < -0.4 is 14.5 Å². The van der Waals surface area contributed by atoms with E-state index in [2.05, 4.69) is 60.3 Å². The quantitative estimate of drug-likeness (QED) is 0.580. The lowest BCUT2D eigenvalue weighted by molar-refractivity contribution is 0.414. The van der Waals surface area contributed by atoms with Crippen molar-refractivity contribution in [1.29, 1.82) is 0 Å². The Morgan fingerprint density at radius 1 is 0.931 bits per heavy atom. The first kappa shape index (κ1) is 17.5. The van der Waals surface area contributed by atoms with Crippen LogP contribution in [0.25, 0.3) is 22.0 Å². The first-order chi connectivity index (χ1) is 14.3. The molecule has 2 aromatic heterocycles. The molecule has 0 amide bonds. The van der Waals surface area contributed by atoms with E-state index >= 15 is 0 Å². The number of hydrogen-bond acceptors (Lipinski definition) is 6. The molecule has 0 saturated carbocycles. The van der Waals surface area contributed by atoms with Crippen molar-refractivity contribution < 1.29 is 4.74 Å². The zero-order valence-electron chi connectivity index (χ0n) is 16.2. The fourth-order valence-electron chi connectivity index (χ4n) is 3.87. The van der Waals surface area contributed by atoms with Gasteiger partial charge in [-0.2, -0.15) is 5.10 Å². The van der Waals surface area contributed by atoms with Crippen LogP contribution in [0.1, 0.15) is 0 Å². The molecular formula is C22H22N6O. The molecule has 1 aliphatic heterocycles. The summed E-state index contributed by atoms with van der Waals surface area (Å²) in [5, 5.41) is 8.01. The van der Waals surface area contributed by atoms with Crippen molar-refractivity contribution in [2.75, 3.05) is 43.1 Å². The minimum absolute atomic E-state index is 0.888. The zero-order valence-corrected chi connectivity index (χ0v) is 16.2. The Balaban J connectivity index is 1.41. The molecule has 1 fully saturated rings. The highest BCUT2D eigenvalue weighted by Crippen LogP contribution is 2.30. The van der Waals surface area contributed by atoms with Gasteiger partial charge in [-0.3, -0.25) is 5.10 Å². The number of ether oxygens (including phenoxy) is 1. The molecule has 0 radical (unpaired) electrons. The van der Waals surface area contributed by atoms with Crippen molar-refractivity contribution in [3.05, 3.63) is 61.2 Å². The Hall–Kier alpha value is -3.61. The molecular weight excluding hydrogens is 364 g/mol. The number of piperazine rings is 1. The third kappa shape index (κ3) is 3.35. The average molecular weight is 386 g/mol. The number of methoxy groups -OCH3 is 1. The van der Waals surface area contributed by atoms with Crippen molar-refractivity contribution in [1.82, 2.24) is 20.2 Å². The van der Waals surface area contributed by atoms with E-state index in [0.717, 1.165) is 59.8 Å². The Morgan fingerprint density at radius 3 is 2.59 bits per heavy atom. The van der Waals surface area contributed by atoms with Crippen LogP contribution in [-0.2, 0) is 0 Å². The molecule has 2 aromatic carbocycles. The maximum atomic E-state index is 5.37. The number of hydrogen-bond donors (Lipinski definition) is 1. The lowest BCUT2D eigenvalue weighted by Gasteiger charge is -2.37. The summed E-state index contributed by atoms with van der Waals surface area (Å²) < 4.78 is 5.37. The first-order valence-corrected chi connectivity index (χ1v) is 9.70. The van der Waals surface area contributed by atoms with E-state index in [0.29, 0.717) is 0 Å². The molecule has 1 N–H and O–H groups in total. The van der Waals surface area contributed by atoms with Crippen molar-refractivity contribution in [3.63, 3.8) is 0 Å². The van der Waals surface area contributed by atoms with E-state index in [1.165, 1.54) is 5.69 Å². The predicted octanol–water partition coefficient (Wildman–Crippen LogP) is 3.36. The van der Waals surface area contributed by atoms with Crippen LogP contribution in [0.15, 0.2) is 61.2 Å². The molecule has 7 heteroatoms. The van der Waals surface area contributed by atoms with E-state index in [1.807, 2.05) is 24.5 Å². The van der Waals surface area contributed by atoms with E-state index in [9.17, 15) is 0 Å². The van der Waals surface area contributed by atoms with Crippen molar-refractivity contribution in [2.24, 2.45) is 0 Å². The smallest absolute Gasteiger partial charge is 0.140 e. The molecule has 29 heavy (non-hydrogen) atoms. The number of nitrogens with zero attached hydrogens (tertiary/aromatic N) is 5. The molecule has 3 heterocycles. The third-order valence-corrected chi connectivity index (χ3v) is 5.44. The van der Waals surface area contributed by atoms with Gasteiger partial charge in [0.05, 0.1) is 18.8 Å². The van der Waals surface area contributed by atoms with Gasteiger partial charge in [-0.25, -0.2) is 9.97 Å². The summed E-state index contributed by atoms with van der Waals surface area (Å²) in [6.45, 7) is 3.67. The van der Waals surface area contributed by atoms with Crippen molar-refractivity contribution in [3.8, 4) is 16.9 Å². The first-order valence-electron chi connectivity index (χ1n) is 9.70. The number of nitrogens with one attached hydrogen (secondary N) is 1. The fraction of sp³-hybridized carbons (Fsp3) is 0.227. The number of rotatable bonds is 4. The normalized spacial score (nSPS) is 14.4. The van der Waals surface area contributed by atoms with Crippen LogP contribution in [0, 0.1) is 0 Å². The number of anilines is 2. The SMILES string of the molecule is COc1cccc(N2CCN(c3ncnc4ccc(-c5cn[nH]c5)cc34)CC2)c1. The Kier molecular flexibility index (Phi) is 4.48. The van der Waals surface area contributed by atoms with Gasteiger partial charge in [0.1, 0.15) is 17.9 Å². The summed E-state index contributed by atoms with van der Waals surface area (Å²) in [6, 6.07) is 14.5. The molecule has 1 saturated heterocycles. The molecule has 1 aliphatic rings. The highest BCUT2D eigenvalue weighted by Gasteiger charge is 2.20. The van der Waals surface area contributed by atoms with Gasteiger partial charge >= 0.3 is 0 Å². The molecule has 0 atom stereocenters. The van der Waals surface area contributed by atoms with Crippen molar-refractivity contribution in [2.45, 2.75) is 0 Å². The Morgan fingerprint density at radius 2 is 1.79 bits per heavy atom. The number of benzene rings is 2.